The number of aromatic nitrogens is 2. The molecule has 1 saturated heterocycles. The Kier molecular flexibility index (Phi) is 3.49. The molecule has 1 aliphatic heterocycles. The van der Waals surface area contributed by atoms with E-state index in [9.17, 15) is 4.79 Å². The van der Waals surface area contributed by atoms with Gasteiger partial charge in [-0.05, 0) is 43.9 Å². The third-order valence-electron chi connectivity index (χ3n) is 4.82. The number of carbonyl (C=O) groups is 1. The molecule has 0 unspecified atom stereocenters. The number of urea groups is 1. The van der Waals surface area contributed by atoms with E-state index < -0.39 is 0 Å². The number of anilines is 1. The molecule has 2 fully saturated rings. The molecular weight excluding hydrogens is 292 g/mol. The highest BCUT2D eigenvalue weighted by Crippen LogP contribution is 2.35. The van der Waals surface area contributed by atoms with Gasteiger partial charge in [0.05, 0.1) is 23.9 Å². The average Bonchev–Trinajstić information content (AvgIpc) is 3.35. The van der Waals surface area contributed by atoms with E-state index in [2.05, 4.69) is 10.4 Å². The van der Waals surface area contributed by atoms with E-state index in [-0.39, 0.29) is 12.1 Å². The molecule has 2 amide bonds. The normalized spacial score (nSPS) is 21.7. The number of nitrogens with zero attached hydrogens (tertiary/aromatic N) is 3. The van der Waals surface area contributed by atoms with Gasteiger partial charge >= 0.3 is 6.03 Å². The third-order valence-corrected chi connectivity index (χ3v) is 4.82. The van der Waals surface area contributed by atoms with Gasteiger partial charge in [-0.2, -0.15) is 5.10 Å². The summed E-state index contributed by atoms with van der Waals surface area (Å²) in [6.45, 7) is 3.98. The predicted octanol–water partition coefficient (Wildman–Crippen LogP) is 2.52. The number of carbonyl (C=O) groups excluding carboxylic acids is 1. The van der Waals surface area contributed by atoms with Crippen molar-refractivity contribution in [3.8, 4) is 0 Å². The highest BCUT2D eigenvalue weighted by atomic mass is 16.5. The zero-order chi connectivity index (χ0) is 16.0. The number of amides is 2. The molecule has 4 rings (SSSR count). The minimum atomic E-state index is -0.0443. The smallest absolute Gasteiger partial charge is 0.322 e. The molecule has 2 aromatic rings. The standard InChI is InChI=1S/C17H22N4O2/c1-11-14-6-5-13(9-15(14)20(2)19-11)18-17(22)21-7-8-23-16(10-21)12-3-4-12/h5-6,9,12,16H,3-4,7-8,10H2,1-2H3,(H,18,22)/t16-/m0/s1. The van der Waals surface area contributed by atoms with Crippen LogP contribution in [0, 0.1) is 12.8 Å². The summed E-state index contributed by atoms with van der Waals surface area (Å²) in [4.78, 5) is 14.4. The predicted molar refractivity (Wildman–Crippen MR) is 88.5 cm³/mol. The number of fused-ring (bicyclic) bond motifs is 1. The SMILES string of the molecule is Cc1nn(C)c2cc(NC(=O)N3CCO[C@H](C4CC4)C3)ccc12. The molecule has 23 heavy (non-hydrogen) atoms. The van der Waals surface area contributed by atoms with Crippen LogP contribution in [0.5, 0.6) is 0 Å². The van der Waals surface area contributed by atoms with Gasteiger partial charge in [0.2, 0.25) is 0 Å². The summed E-state index contributed by atoms with van der Waals surface area (Å²) >= 11 is 0. The number of hydrogen-bond donors (Lipinski definition) is 1. The van der Waals surface area contributed by atoms with Crippen LogP contribution in [0.3, 0.4) is 0 Å². The van der Waals surface area contributed by atoms with E-state index in [0.29, 0.717) is 25.6 Å². The molecular formula is C17H22N4O2. The Morgan fingerprint density at radius 1 is 1.39 bits per heavy atom. The van der Waals surface area contributed by atoms with Crippen LogP contribution in [0.15, 0.2) is 18.2 Å². The average molecular weight is 314 g/mol. The summed E-state index contributed by atoms with van der Waals surface area (Å²) in [5, 5.41) is 8.54. The van der Waals surface area contributed by atoms with Gasteiger partial charge in [0.25, 0.3) is 0 Å². The lowest BCUT2D eigenvalue weighted by molar-refractivity contribution is -0.0234. The second-order valence-corrected chi connectivity index (χ2v) is 6.56. The fraction of sp³-hybridized carbons (Fsp3) is 0.529. The maximum atomic E-state index is 12.5. The van der Waals surface area contributed by atoms with E-state index in [1.54, 1.807) is 0 Å². The molecule has 1 aromatic carbocycles. The Labute approximate surface area is 135 Å². The molecule has 2 heterocycles. The van der Waals surface area contributed by atoms with E-state index in [4.69, 9.17) is 4.74 Å². The highest BCUT2D eigenvalue weighted by molar-refractivity contribution is 5.93. The Morgan fingerprint density at radius 3 is 3.00 bits per heavy atom. The molecule has 0 spiro atoms. The van der Waals surface area contributed by atoms with Gasteiger partial charge in [-0.15, -0.1) is 0 Å². The molecule has 0 bridgehead atoms. The van der Waals surface area contributed by atoms with Crippen LogP contribution < -0.4 is 5.32 Å². The van der Waals surface area contributed by atoms with Gasteiger partial charge in [-0.25, -0.2) is 4.79 Å². The molecule has 6 heteroatoms. The van der Waals surface area contributed by atoms with Crippen molar-refractivity contribution in [1.29, 1.82) is 0 Å². The molecule has 6 nitrogen and oxygen atoms in total. The summed E-state index contributed by atoms with van der Waals surface area (Å²) in [7, 11) is 1.92. The summed E-state index contributed by atoms with van der Waals surface area (Å²) in [6, 6.07) is 5.89. The molecule has 122 valence electrons. The van der Waals surface area contributed by atoms with Crippen LogP contribution in [0.2, 0.25) is 0 Å². The van der Waals surface area contributed by atoms with Crippen molar-refractivity contribution in [2.45, 2.75) is 25.9 Å². The lowest BCUT2D eigenvalue weighted by atomic mass is 10.2. The number of ether oxygens (including phenoxy) is 1. The van der Waals surface area contributed by atoms with E-state index in [1.165, 1.54) is 12.8 Å². The molecule has 1 aliphatic carbocycles. The largest absolute Gasteiger partial charge is 0.374 e. The van der Waals surface area contributed by atoms with Crippen LogP contribution in [0.25, 0.3) is 10.9 Å². The van der Waals surface area contributed by atoms with Crippen molar-refractivity contribution in [3.05, 3.63) is 23.9 Å². The number of morpholine rings is 1. The zero-order valence-corrected chi connectivity index (χ0v) is 13.6. The third kappa shape index (κ3) is 2.79. The van der Waals surface area contributed by atoms with Crippen molar-refractivity contribution in [2.75, 3.05) is 25.0 Å². The second kappa shape index (κ2) is 5.53. The first-order chi connectivity index (χ1) is 11.1. The number of rotatable bonds is 2. The number of hydrogen-bond acceptors (Lipinski definition) is 3. The minimum Gasteiger partial charge on any atom is -0.374 e. The topological polar surface area (TPSA) is 59.4 Å². The molecule has 1 N–H and O–H groups in total. The number of benzene rings is 1. The molecule has 0 radical (unpaired) electrons. The monoisotopic (exact) mass is 314 g/mol. The summed E-state index contributed by atoms with van der Waals surface area (Å²) in [5.41, 5.74) is 2.83. The van der Waals surface area contributed by atoms with Crippen LogP contribution >= 0.6 is 0 Å². The summed E-state index contributed by atoms with van der Waals surface area (Å²) in [6.07, 6.45) is 2.68. The fourth-order valence-electron chi connectivity index (χ4n) is 3.33. The van der Waals surface area contributed by atoms with Gasteiger partial charge in [0.1, 0.15) is 0 Å². The van der Waals surface area contributed by atoms with Crippen molar-refractivity contribution < 1.29 is 9.53 Å². The summed E-state index contributed by atoms with van der Waals surface area (Å²) in [5.74, 6) is 0.652. The van der Waals surface area contributed by atoms with Crippen LogP contribution in [0.1, 0.15) is 18.5 Å². The van der Waals surface area contributed by atoms with Crippen LogP contribution in [-0.2, 0) is 11.8 Å². The lowest BCUT2D eigenvalue weighted by Crippen LogP contribution is -2.48. The first-order valence-electron chi connectivity index (χ1n) is 8.23. The van der Waals surface area contributed by atoms with E-state index >= 15 is 0 Å². The van der Waals surface area contributed by atoms with Gasteiger partial charge in [0.15, 0.2) is 0 Å². The Hall–Kier alpha value is -2.08. The molecule has 1 atom stereocenters. The Morgan fingerprint density at radius 2 is 2.22 bits per heavy atom. The lowest BCUT2D eigenvalue weighted by Gasteiger charge is -2.33. The van der Waals surface area contributed by atoms with E-state index in [0.717, 1.165) is 22.3 Å². The summed E-state index contributed by atoms with van der Waals surface area (Å²) < 4.78 is 7.62. The number of aryl methyl sites for hydroxylation is 2. The van der Waals surface area contributed by atoms with Crippen LogP contribution in [0.4, 0.5) is 10.5 Å². The van der Waals surface area contributed by atoms with Gasteiger partial charge in [0, 0.05) is 31.2 Å². The van der Waals surface area contributed by atoms with Crippen molar-refractivity contribution in [3.63, 3.8) is 0 Å². The first kappa shape index (κ1) is 14.5. The number of nitrogens with one attached hydrogen (secondary N) is 1. The zero-order valence-electron chi connectivity index (χ0n) is 13.6. The quantitative estimate of drug-likeness (QED) is 0.926. The second-order valence-electron chi connectivity index (χ2n) is 6.56. The Bertz CT molecular complexity index is 750. The van der Waals surface area contributed by atoms with Gasteiger partial charge in [-0.1, -0.05) is 0 Å². The Balaban J connectivity index is 1.48. The first-order valence-corrected chi connectivity index (χ1v) is 8.23. The molecule has 2 aliphatic rings. The maximum absolute atomic E-state index is 12.5. The van der Waals surface area contributed by atoms with Crippen molar-refractivity contribution >= 4 is 22.6 Å². The van der Waals surface area contributed by atoms with Gasteiger partial charge < -0.3 is 15.0 Å². The minimum absolute atomic E-state index is 0.0443. The van der Waals surface area contributed by atoms with Crippen molar-refractivity contribution in [2.24, 2.45) is 13.0 Å². The maximum Gasteiger partial charge on any atom is 0.322 e. The van der Waals surface area contributed by atoms with Crippen LogP contribution in [-0.4, -0.2) is 46.5 Å². The van der Waals surface area contributed by atoms with E-state index in [1.807, 2.05) is 41.8 Å². The van der Waals surface area contributed by atoms with Gasteiger partial charge in [-0.3, -0.25) is 4.68 Å². The fourth-order valence-corrected chi connectivity index (χ4v) is 3.33. The molecule has 1 saturated carbocycles. The van der Waals surface area contributed by atoms with Crippen molar-refractivity contribution in [1.82, 2.24) is 14.7 Å². The highest BCUT2D eigenvalue weighted by Gasteiger charge is 2.36. The molecule has 1 aromatic heterocycles.